The zero-order valence-corrected chi connectivity index (χ0v) is 12.2. The van der Waals surface area contributed by atoms with E-state index < -0.39 is 4.92 Å². The van der Waals surface area contributed by atoms with Crippen molar-refractivity contribution in [1.29, 1.82) is 0 Å². The molecule has 2 N–H and O–H groups in total. The molecular weight excluding hydrogens is 302 g/mol. The van der Waals surface area contributed by atoms with Crippen LogP contribution in [0.25, 0.3) is 22.0 Å². The van der Waals surface area contributed by atoms with Crippen LogP contribution >= 0.6 is 11.6 Å². The predicted molar refractivity (Wildman–Crippen MR) is 86.7 cm³/mol. The minimum atomic E-state index is -0.435. The van der Waals surface area contributed by atoms with Crippen LogP contribution in [0.1, 0.15) is 5.56 Å². The summed E-state index contributed by atoms with van der Waals surface area (Å²) in [6.45, 7) is 0.289. The molecule has 3 rings (SSSR count). The Hall–Kier alpha value is -2.50. The van der Waals surface area contributed by atoms with Gasteiger partial charge in [-0.3, -0.25) is 10.1 Å². The van der Waals surface area contributed by atoms with Crippen LogP contribution in [-0.4, -0.2) is 9.91 Å². The van der Waals surface area contributed by atoms with Crippen molar-refractivity contribution in [2.24, 2.45) is 5.73 Å². The molecule has 0 radical (unpaired) electrons. The van der Waals surface area contributed by atoms with Crippen LogP contribution in [0.3, 0.4) is 0 Å². The lowest BCUT2D eigenvalue weighted by Gasteiger charge is -2.11. The Morgan fingerprint density at radius 3 is 2.73 bits per heavy atom. The highest BCUT2D eigenvalue weighted by molar-refractivity contribution is 6.31. The first-order valence-electron chi connectivity index (χ1n) is 6.63. The lowest BCUT2D eigenvalue weighted by atomic mass is 9.95. The van der Waals surface area contributed by atoms with Crippen LogP contribution in [0, 0.1) is 10.1 Å². The number of halogens is 1. The molecule has 5 nitrogen and oxygen atoms in total. The molecule has 2 aromatic carbocycles. The van der Waals surface area contributed by atoms with Gasteiger partial charge < -0.3 is 5.73 Å². The van der Waals surface area contributed by atoms with Crippen molar-refractivity contribution in [2.75, 3.05) is 0 Å². The number of benzene rings is 2. The van der Waals surface area contributed by atoms with E-state index in [2.05, 4.69) is 4.98 Å². The van der Waals surface area contributed by atoms with Crippen molar-refractivity contribution in [3.8, 4) is 11.1 Å². The SMILES string of the molecule is NCc1ccccc1-c1c([N+](=O)[O-])cnc2ccc(Cl)cc12. The summed E-state index contributed by atoms with van der Waals surface area (Å²) in [5.74, 6) is 0. The number of pyridine rings is 1. The van der Waals surface area contributed by atoms with E-state index >= 15 is 0 Å². The van der Waals surface area contributed by atoms with E-state index in [1.807, 2.05) is 24.3 Å². The second kappa shape index (κ2) is 5.71. The zero-order valence-electron chi connectivity index (χ0n) is 11.5. The van der Waals surface area contributed by atoms with Gasteiger partial charge in [-0.05, 0) is 29.3 Å². The largest absolute Gasteiger partial charge is 0.326 e. The predicted octanol–water partition coefficient (Wildman–Crippen LogP) is 3.92. The Labute approximate surface area is 131 Å². The molecule has 0 spiro atoms. The first kappa shape index (κ1) is 14.4. The van der Waals surface area contributed by atoms with Gasteiger partial charge in [0.05, 0.1) is 16.0 Å². The molecule has 1 aromatic heterocycles. The molecule has 0 aliphatic carbocycles. The maximum atomic E-state index is 11.4. The van der Waals surface area contributed by atoms with E-state index in [0.717, 1.165) is 11.1 Å². The highest BCUT2D eigenvalue weighted by Crippen LogP contribution is 2.38. The normalized spacial score (nSPS) is 10.8. The Kier molecular flexibility index (Phi) is 3.75. The third-order valence-electron chi connectivity index (χ3n) is 3.51. The number of nitrogens with two attached hydrogens (primary N) is 1. The second-order valence-corrected chi connectivity index (χ2v) is 5.23. The number of hydrogen-bond acceptors (Lipinski definition) is 4. The van der Waals surface area contributed by atoms with Gasteiger partial charge in [0.2, 0.25) is 0 Å². The number of nitrogens with zero attached hydrogens (tertiary/aromatic N) is 2. The monoisotopic (exact) mass is 313 g/mol. The van der Waals surface area contributed by atoms with Gasteiger partial charge in [-0.15, -0.1) is 0 Å². The maximum Gasteiger partial charge on any atom is 0.295 e. The highest BCUT2D eigenvalue weighted by Gasteiger charge is 2.21. The van der Waals surface area contributed by atoms with E-state index in [0.29, 0.717) is 21.5 Å². The van der Waals surface area contributed by atoms with Crippen LogP contribution in [-0.2, 0) is 6.54 Å². The van der Waals surface area contributed by atoms with E-state index in [1.165, 1.54) is 6.20 Å². The highest BCUT2D eigenvalue weighted by atomic mass is 35.5. The van der Waals surface area contributed by atoms with E-state index in [9.17, 15) is 10.1 Å². The van der Waals surface area contributed by atoms with Crippen molar-refractivity contribution in [3.05, 3.63) is 69.4 Å². The summed E-state index contributed by atoms with van der Waals surface area (Å²) in [6, 6.07) is 12.5. The van der Waals surface area contributed by atoms with Gasteiger partial charge >= 0.3 is 0 Å². The summed E-state index contributed by atoms with van der Waals surface area (Å²) >= 11 is 6.06. The van der Waals surface area contributed by atoms with Gasteiger partial charge in [0.1, 0.15) is 6.20 Å². The summed E-state index contributed by atoms with van der Waals surface area (Å²) < 4.78 is 0. The number of hydrogen-bond donors (Lipinski definition) is 1. The van der Waals surface area contributed by atoms with Crippen LogP contribution in [0.2, 0.25) is 5.02 Å². The lowest BCUT2D eigenvalue weighted by Crippen LogP contribution is -2.01. The van der Waals surface area contributed by atoms with Gasteiger partial charge in [-0.1, -0.05) is 35.9 Å². The lowest BCUT2D eigenvalue weighted by molar-refractivity contribution is -0.384. The fourth-order valence-corrected chi connectivity index (χ4v) is 2.69. The molecule has 1 heterocycles. The van der Waals surface area contributed by atoms with E-state index in [1.54, 1.807) is 18.2 Å². The number of nitro groups is 1. The molecule has 0 aliphatic rings. The second-order valence-electron chi connectivity index (χ2n) is 4.80. The molecule has 3 aromatic rings. The third kappa shape index (κ3) is 2.41. The quantitative estimate of drug-likeness (QED) is 0.587. The Balaban J connectivity index is 2.46. The van der Waals surface area contributed by atoms with Crippen molar-refractivity contribution in [2.45, 2.75) is 6.54 Å². The maximum absolute atomic E-state index is 11.4. The number of fused-ring (bicyclic) bond motifs is 1. The number of aromatic nitrogens is 1. The molecule has 0 unspecified atom stereocenters. The summed E-state index contributed by atoms with van der Waals surface area (Å²) in [7, 11) is 0. The fraction of sp³-hybridized carbons (Fsp3) is 0.0625. The summed E-state index contributed by atoms with van der Waals surface area (Å²) in [6.07, 6.45) is 1.28. The van der Waals surface area contributed by atoms with Crippen LogP contribution in [0.15, 0.2) is 48.7 Å². The first-order chi connectivity index (χ1) is 10.6. The average Bonchev–Trinajstić information content (AvgIpc) is 2.53. The Morgan fingerprint density at radius 2 is 2.00 bits per heavy atom. The molecule has 0 saturated carbocycles. The Bertz CT molecular complexity index is 880. The van der Waals surface area contributed by atoms with Crippen molar-refractivity contribution in [1.82, 2.24) is 4.98 Å². The zero-order chi connectivity index (χ0) is 15.7. The van der Waals surface area contributed by atoms with Crippen molar-refractivity contribution in [3.63, 3.8) is 0 Å². The summed E-state index contributed by atoms with van der Waals surface area (Å²) in [5.41, 5.74) is 8.43. The summed E-state index contributed by atoms with van der Waals surface area (Å²) in [4.78, 5) is 15.1. The minimum absolute atomic E-state index is 0.0596. The molecular formula is C16H12ClN3O2. The van der Waals surface area contributed by atoms with Gasteiger partial charge in [0.15, 0.2) is 0 Å². The molecule has 0 atom stereocenters. The molecule has 0 aliphatic heterocycles. The minimum Gasteiger partial charge on any atom is -0.326 e. The van der Waals surface area contributed by atoms with E-state index in [-0.39, 0.29) is 12.2 Å². The standard InChI is InChI=1S/C16H12ClN3O2/c17-11-5-6-14-13(7-11)16(15(9-19-14)20(21)22)12-4-2-1-3-10(12)8-18/h1-7,9H,8,18H2. The molecule has 22 heavy (non-hydrogen) atoms. The average molecular weight is 314 g/mol. The van der Waals surface area contributed by atoms with E-state index in [4.69, 9.17) is 17.3 Å². The molecule has 0 saturated heterocycles. The third-order valence-corrected chi connectivity index (χ3v) is 3.75. The molecule has 0 bridgehead atoms. The first-order valence-corrected chi connectivity index (χ1v) is 7.00. The summed E-state index contributed by atoms with van der Waals surface area (Å²) in [5, 5.41) is 12.6. The smallest absolute Gasteiger partial charge is 0.295 e. The van der Waals surface area contributed by atoms with Crippen LogP contribution in [0.5, 0.6) is 0 Å². The Morgan fingerprint density at radius 1 is 1.23 bits per heavy atom. The van der Waals surface area contributed by atoms with Gasteiger partial charge in [0.25, 0.3) is 5.69 Å². The van der Waals surface area contributed by atoms with Crippen LogP contribution < -0.4 is 5.73 Å². The van der Waals surface area contributed by atoms with Crippen LogP contribution in [0.4, 0.5) is 5.69 Å². The molecule has 110 valence electrons. The van der Waals surface area contributed by atoms with Gasteiger partial charge in [-0.25, -0.2) is 4.98 Å². The molecule has 0 amide bonds. The van der Waals surface area contributed by atoms with Crippen molar-refractivity contribution < 1.29 is 4.92 Å². The van der Waals surface area contributed by atoms with Gasteiger partial charge in [0, 0.05) is 17.0 Å². The molecule has 0 fully saturated rings. The van der Waals surface area contributed by atoms with Crippen molar-refractivity contribution >= 4 is 28.2 Å². The fourth-order valence-electron chi connectivity index (χ4n) is 2.52. The topological polar surface area (TPSA) is 82.0 Å². The molecule has 6 heteroatoms. The number of rotatable bonds is 3. The van der Waals surface area contributed by atoms with Gasteiger partial charge in [-0.2, -0.15) is 0 Å².